The van der Waals surface area contributed by atoms with Crippen molar-refractivity contribution in [2.45, 2.75) is 5.75 Å². The van der Waals surface area contributed by atoms with Crippen LogP contribution in [0.25, 0.3) is 0 Å². The first-order valence-corrected chi connectivity index (χ1v) is 8.59. The minimum Gasteiger partial charge on any atom is -0.366 e. The standard InChI is InChI=1S/C15H12ClFN2O4S/c16-12-6-1-9(7-13(12)17)8-24(22,23)19-15(21)11-4-2-10(3-5-11)14(18)20/h1-7H,8H2,(H2,18,20)(H,19,21). The van der Waals surface area contributed by atoms with Gasteiger partial charge in [-0.2, -0.15) is 0 Å². The Kier molecular flexibility index (Phi) is 5.20. The Morgan fingerprint density at radius 2 is 1.67 bits per heavy atom. The van der Waals surface area contributed by atoms with Gasteiger partial charge in [0.25, 0.3) is 5.91 Å². The van der Waals surface area contributed by atoms with Gasteiger partial charge in [0, 0.05) is 11.1 Å². The maximum atomic E-state index is 13.3. The second-order valence-electron chi connectivity index (χ2n) is 4.88. The number of rotatable bonds is 5. The fourth-order valence-corrected chi connectivity index (χ4v) is 3.08. The molecule has 6 nitrogen and oxygen atoms in total. The maximum Gasteiger partial charge on any atom is 0.264 e. The van der Waals surface area contributed by atoms with Gasteiger partial charge in [-0.3, -0.25) is 9.59 Å². The number of hydrogen-bond acceptors (Lipinski definition) is 4. The summed E-state index contributed by atoms with van der Waals surface area (Å²) in [6.07, 6.45) is 0. The van der Waals surface area contributed by atoms with Gasteiger partial charge < -0.3 is 5.73 Å². The van der Waals surface area contributed by atoms with Crippen molar-refractivity contribution >= 4 is 33.4 Å². The third-order valence-corrected chi connectivity index (χ3v) is 4.54. The van der Waals surface area contributed by atoms with Gasteiger partial charge in [-0.15, -0.1) is 0 Å². The van der Waals surface area contributed by atoms with E-state index < -0.39 is 33.4 Å². The lowest BCUT2D eigenvalue weighted by Crippen LogP contribution is -2.31. The molecule has 0 unspecified atom stereocenters. The van der Waals surface area contributed by atoms with E-state index in [0.29, 0.717) is 0 Å². The highest BCUT2D eigenvalue weighted by molar-refractivity contribution is 7.89. The number of nitrogens with one attached hydrogen (secondary N) is 1. The summed E-state index contributed by atoms with van der Waals surface area (Å²) in [6.45, 7) is 0. The predicted molar refractivity (Wildman–Crippen MR) is 86.5 cm³/mol. The van der Waals surface area contributed by atoms with E-state index in [-0.39, 0.29) is 21.7 Å². The summed E-state index contributed by atoms with van der Waals surface area (Å²) in [5.41, 5.74) is 5.43. The van der Waals surface area contributed by atoms with Crippen molar-refractivity contribution < 1.29 is 22.4 Å². The van der Waals surface area contributed by atoms with Crippen LogP contribution in [0.5, 0.6) is 0 Å². The van der Waals surface area contributed by atoms with Crippen LogP contribution in [0.15, 0.2) is 42.5 Å². The minimum absolute atomic E-state index is 0.0332. The van der Waals surface area contributed by atoms with Crippen LogP contribution in [-0.4, -0.2) is 20.2 Å². The number of carbonyl (C=O) groups is 2. The molecule has 126 valence electrons. The first-order chi connectivity index (χ1) is 11.2. The molecule has 2 aromatic rings. The van der Waals surface area contributed by atoms with E-state index in [1.165, 1.54) is 36.4 Å². The van der Waals surface area contributed by atoms with Gasteiger partial charge in [0.15, 0.2) is 0 Å². The van der Waals surface area contributed by atoms with Gasteiger partial charge >= 0.3 is 0 Å². The normalized spacial score (nSPS) is 11.1. The highest BCUT2D eigenvalue weighted by atomic mass is 35.5. The van der Waals surface area contributed by atoms with Gasteiger partial charge in [0.1, 0.15) is 5.82 Å². The average molecular weight is 371 g/mol. The van der Waals surface area contributed by atoms with Crippen molar-refractivity contribution in [2.75, 3.05) is 0 Å². The lowest BCUT2D eigenvalue weighted by Gasteiger charge is -2.08. The van der Waals surface area contributed by atoms with Crippen LogP contribution in [0.3, 0.4) is 0 Å². The molecule has 0 radical (unpaired) electrons. The molecule has 0 aliphatic carbocycles. The van der Waals surface area contributed by atoms with E-state index in [2.05, 4.69) is 0 Å². The number of sulfonamides is 1. The molecule has 0 spiro atoms. The summed E-state index contributed by atoms with van der Waals surface area (Å²) in [4.78, 5) is 22.9. The third kappa shape index (κ3) is 4.53. The number of nitrogens with two attached hydrogens (primary N) is 1. The predicted octanol–water partition coefficient (Wildman–Crippen LogP) is 1.84. The van der Waals surface area contributed by atoms with E-state index in [1.54, 1.807) is 0 Å². The van der Waals surface area contributed by atoms with Crippen molar-refractivity contribution in [3.63, 3.8) is 0 Å². The lowest BCUT2D eigenvalue weighted by atomic mass is 10.1. The molecule has 2 amide bonds. The Bertz CT molecular complexity index is 898. The van der Waals surface area contributed by atoms with Gasteiger partial charge in [-0.25, -0.2) is 17.5 Å². The Morgan fingerprint density at radius 1 is 1.08 bits per heavy atom. The Morgan fingerprint density at radius 3 is 2.21 bits per heavy atom. The number of primary amides is 1. The van der Waals surface area contributed by atoms with E-state index in [4.69, 9.17) is 17.3 Å². The molecule has 24 heavy (non-hydrogen) atoms. The molecular weight excluding hydrogens is 359 g/mol. The Labute approximate surface area is 142 Å². The summed E-state index contributed by atoms with van der Waals surface area (Å²) < 4.78 is 39.2. The molecular formula is C15H12ClFN2O4S. The van der Waals surface area contributed by atoms with Gasteiger partial charge in [-0.05, 0) is 42.0 Å². The zero-order chi connectivity index (χ0) is 17.9. The van der Waals surface area contributed by atoms with Crippen LogP contribution in [0.2, 0.25) is 5.02 Å². The highest BCUT2D eigenvalue weighted by Gasteiger charge is 2.18. The quantitative estimate of drug-likeness (QED) is 0.837. The zero-order valence-electron chi connectivity index (χ0n) is 12.1. The van der Waals surface area contributed by atoms with E-state index in [9.17, 15) is 22.4 Å². The number of halogens is 2. The number of hydrogen-bond donors (Lipinski definition) is 2. The summed E-state index contributed by atoms with van der Waals surface area (Å²) >= 11 is 5.52. The van der Waals surface area contributed by atoms with Crippen molar-refractivity contribution in [2.24, 2.45) is 5.73 Å². The molecule has 0 heterocycles. The molecule has 2 rings (SSSR count). The maximum absolute atomic E-state index is 13.3. The molecule has 0 saturated heterocycles. The molecule has 0 aromatic heterocycles. The molecule has 0 aliphatic rings. The van der Waals surface area contributed by atoms with Crippen LogP contribution in [0.1, 0.15) is 26.3 Å². The van der Waals surface area contributed by atoms with Crippen molar-refractivity contribution in [1.29, 1.82) is 0 Å². The number of carbonyl (C=O) groups excluding carboxylic acids is 2. The first kappa shape index (κ1) is 17.9. The SMILES string of the molecule is NC(=O)c1ccc(C(=O)NS(=O)(=O)Cc2ccc(Cl)c(F)c2)cc1. The van der Waals surface area contributed by atoms with Gasteiger partial charge in [-0.1, -0.05) is 17.7 Å². The molecule has 0 saturated carbocycles. The fraction of sp³-hybridized carbons (Fsp3) is 0.0667. The fourth-order valence-electron chi connectivity index (χ4n) is 1.87. The molecule has 2 aromatic carbocycles. The molecule has 0 atom stereocenters. The molecule has 0 aliphatic heterocycles. The Balaban J connectivity index is 2.11. The van der Waals surface area contributed by atoms with Crippen LogP contribution in [0, 0.1) is 5.82 Å². The topological polar surface area (TPSA) is 106 Å². The van der Waals surface area contributed by atoms with Crippen LogP contribution >= 0.6 is 11.6 Å². The second kappa shape index (κ2) is 6.98. The van der Waals surface area contributed by atoms with Crippen LogP contribution in [-0.2, 0) is 15.8 Å². The van der Waals surface area contributed by atoms with Crippen LogP contribution < -0.4 is 10.5 Å². The monoisotopic (exact) mass is 370 g/mol. The zero-order valence-corrected chi connectivity index (χ0v) is 13.7. The number of benzene rings is 2. The molecule has 3 N–H and O–H groups in total. The van der Waals surface area contributed by atoms with E-state index in [1.807, 2.05) is 4.72 Å². The van der Waals surface area contributed by atoms with Crippen molar-refractivity contribution in [3.8, 4) is 0 Å². The molecule has 0 bridgehead atoms. The summed E-state index contributed by atoms with van der Waals surface area (Å²) in [6, 6.07) is 8.70. The summed E-state index contributed by atoms with van der Waals surface area (Å²) in [5, 5.41) is -0.130. The van der Waals surface area contributed by atoms with Gasteiger partial charge in [0.2, 0.25) is 15.9 Å². The summed E-state index contributed by atoms with van der Waals surface area (Å²) in [7, 11) is -4.04. The molecule has 0 fully saturated rings. The smallest absolute Gasteiger partial charge is 0.264 e. The lowest BCUT2D eigenvalue weighted by molar-refractivity contribution is 0.0975. The average Bonchev–Trinajstić information content (AvgIpc) is 2.50. The van der Waals surface area contributed by atoms with E-state index in [0.717, 1.165) is 6.07 Å². The Hall–Kier alpha value is -2.45. The summed E-state index contributed by atoms with van der Waals surface area (Å²) in [5.74, 6) is -2.89. The second-order valence-corrected chi connectivity index (χ2v) is 7.01. The minimum atomic E-state index is -4.04. The van der Waals surface area contributed by atoms with Gasteiger partial charge in [0.05, 0.1) is 10.8 Å². The largest absolute Gasteiger partial charge is 0.366 e. The highest BCUT2D eigenvalue weighted by Crippen LogP contribution is 2.17. The van der Waals surface area contributed by atoms with Crippen LogP contribution in [0.4, 0.5) is 4.39 Å². The number of amides is 2. The van der Waals surface area contributed by atoms with Crippen molar-refractivity contribution in [3.05, 3.63) is 70.0 Å². The molecule has 9 heteroatoms. The third-order valence-electron chi connectivity index (χ3n) is 3.02. The van der Waals surface area contributed by atoms with Crippen molar-refractivity contribution in [1.82, 2.24) is 4.72 Å². The van der Waals surface area contributed by atoms with E-state index >= 15 is 0 Å². The first-order valence-electron chi connectivity index (χ1n) is 6.56.